The topological polar surface area (TPSA) is 109 Å². The average Bonchev–Trinajstić information content (AvgIpc) is 3.35. The number of aryl methyl sites for hydroxylation is 1. The molecule has 0 aliphatic carbocycles. The maximum absolute atomic E-state index is 13.3. The number of aromatic nitrogens is 5. The van der Waals surface area contributed by atoms with Gasteiger partial charge in [-0.05, 0) is 79.9 Å². The summed E-state index contributed by atoms with van der Waals surface area (Å²) in [5, 5.41) is 0. The van der Waals surface area contributed by atoms with E-state index in [4.69, 9.17) is 0 Å². The van der Waals surface area contributed by atoms with Crippen LogP contribution in [0.1, 0.15) is 37.0 Å². The Labute approximate surface area is 234 Å². The summed E-state index contributed by atoms with van der Waals surface area (Å²) in [4.78, 5) is 55.2. The fraction of sp³-hybridized carbons (Fsp3) is 0.370. The Morgan fingerprint density at radius 1 is 0.974 bits per heavy atom. The second kappa shape index (κ2) is 12.0. The van der Waals surface area contributed by atoms with Gasteiger partial charge >= 0.3 is 5.69 Å². The number of hydrogen-bond acceptors (Lipinski definition) is 6. The summed E-state index contributed by atoms with van der Waals surface area (Å²) in [6, 6.07) is 9.05. The van der Waals surface area contributed by atoms with Gasteiger partial charge in [0.05, 0.1) is 11.1 Å². The molecule has 0 aliphatic rings. The van der Waals surface area contributed by atoms with Crippen molar-refractivity contribution >= 4 is 45.3 Å². The number of nitrogens with one attached hydrogen (secondary N) is 1. The van der Waals surface area contributed by atoms with Crippen LogP contribution >= 0.6 is 22.6 Å². The van der Waals surface area contributed by atoms with E-state index in [0.717, 1.165) is 15.7 Å². The van der Waals surface area contributed by atoms with Crippen molar-refractivity contribution in [3.63, 3.8) is 0 Å². The third-order valence-electron chi connectivity index (χ3n) is 6.23. The van der Waals surface area contributed by atoms with Crippen molar-refractivity contribution in [3.8, 4) is 11.3 Å². The quantitative estimate of drug-likeness (QED) is 0.212. The number of fused-ring (bicyclic) bond motifs is 1. The van der Waals surface area contributed by atoms with Crippen LogP contribution in [0.4, 0.5) is 5.82 Å². The molecule has 1 N–H and O–H groups in total. The fourth-order valence-electron chi connectivity index (χ4n) is 4.29. The number of rotatable bonds is 10. The van der Waals surface area contributed by atoms with Gasteiger partial charge in [0.25, 0.3) is 11.5 Å². The predicted molar refractivity (Wildman–Crippen MR) is 158 cm³/mol. The summed E-state index contributed by atoms with van der Waals surface area (Å²) in [5.41, 5.74) is 2.30. The van der Waals surface area contributed by atoms with E-state index >= 15 is 0 Å². The lowest BCUT2D eigenvalue weighted by molar-refractivity contribution is 0.0984. The van der Waals surface area contributed by atoms with Crippen LogP contribution in [0, 0.1) is 3.70 Å². The van der Waals surface area contributed by atoms with E-state index < -0.39 is 0 Å². The Hall–Kier alpha value is -3.32. The summed E-state index contributed by atoms with van der Waals surface area (Å²) in [6.45, 7) is 5.94. The highest BCUT2D eigenvalue weighted by molar-refractivity contribution is 14.1. The maximum atomic E-state index is 13.3. The molecule has 0 spiro atoms. The van der Waals surface area contributed by atoms with Gasteiger partial charge in [-0.3, -0.25) is 23.6 Å². The highest BCUT2D eigenvalue weighted by Crippen LogP contribution is 2.24. The molecule has 4 aromatic heterocycles. The number of aromatic amines is 1. The molecule has 1 amide bonds. The zero-order valence-corrected chi connectivity index (χ0v) is 24.2. The van der Waals surface area contributed by atoms with E-state index in [1.807, 2.05) is 45.0 Å². The lowest BCUT2D eigenvalue weighted by Gasteiger charge is -2.23. The number of halogens is 1. The van der Waals surface area contributed by atoms with Gasteiger partial charge in [-0.1, -0.05) is 13.8 Å². The molecule has 10 nitrogen and oxygen atoms in total. The van der Waals surface area contributed by atoms with E-state index in [0.29, 0.717) is 60.7 Å². The van der Waals surface area contributed by atoms with Crippen LogP contribution in [0.2, 0.25) is 0 Å². The van der Waals surface area contributed by atoms with Crippen LogP contribution in [0.15, 0.2) is 52.3 Å². The Kier molecular flexibility index (Phi) is 8.77. The molecule has 38 heavy (non-hydrogen) atoms. The normalized spacial score (nSPS) is 11.4. The summed E-state index contributed by atoms with van der Waals surface area (Å²) >= 11 is 2.11. The first-order valence-corrected chi connectivity index (χ1v) is 13.7. The molecular formula is C27H32IN7O3. The van der Waals surface area contributed by atoms with Crippen molar-refractivity contribution in [2.24, 2.45) is 0 Å². The molecule has 0 saturated carbocycles. The summed E-state index contributed by atoms with van der Waals surface area (Å²) in [6.07, 6.45) is 4.71. The van der Waals surface area contributed by atoms with Crippen molar-refractivity contribution in [2.45, 2.75) is 39.8 Å². The van der Waals surface area contributed by atoms with E-state index in [1.54, 1.807) is 40.1 Å². The number of amides is 1. The predicted octanol–water partition coefficient (Wildman–Crippen LogP) is 3.58. The number of likely N-dealkylation sites (N-methyl/N-ethyl adjacent to an activating group) is 1. The van der Waals surface area contributed by atoms with Crippen LogP contribution in [0.5, 0.6) is 0 Å². The molecule has 200 valence electrons. The first-order chi connectivity index (χ1) is 18.2. The van der Waals surface area contributed by atoms with Crippen LogP contribution in [-0.4, -0.2) is 62.1 Å². The van der Waals surface area contributed by atoms with Crippen LogP contribution in [-0.2, 0) is 13.1 Å². The second-order valence-corrected chi connectivity index (χ2v) is 10.5. The molecule has 0 aliphatic heterocycles. The molecule has 0 atom stereocenters. The largest absolute Gasteiger partial charge is 0.349 e. The standard InChI is InChI=1S/C27H32IN7O3/c1-5-11-33-21-15-20(31-24(21)26(37)35(12-6-2)27(33)38)18-8-10-23(30-16-18)34(14-13-32(3)4)25(36)19-7-9-22(28)29-17-19/h7-10,15-17,31H,5-6,11-14H2,1-4H3. The number of carbonyl (C=O) groups excluding carboxylic acids is 1. The fourth-order valence-corrected chi connectivity index (χ4v) is 4.61. The lowest BCUT2D eigenvalue weighted by atomic mass is 10.2. The minimum absolute atomic E-state index is 0.179. The molecule has 4 heterocycles. The van der Waals surface area contributed by atoms with Gasteiger partial charge in [0.2, 0.25) is 0 Å². The van der Waals surface area contributed by atoms with Crippen molar-refractivity contribution in [1.82, 2.24) is 29.0 Å². The van der Waals surface area contributed by atoms with Crippen molar-refractivity contribution in [3.05, 3.63) is 72.8 Å². The van der Waals surface area contributed by atoms with Crippen LogP contribution in [0.3, 0.4) is 0 Å². The molecule has 11 heteroatoms. The van der Waals surface area contributed by atoms with Crippen molar-refractivity contribution in [2.75, 3.05) is 32.1 Å². The molecule has 0 fully saturated rings. The van der Waals surface area contributed by atoms with Gasteiger partial charge in [-0.2, -0.15) is 0 Å². The van der Waals surface area contributed by atoms with Crippen molar-refractivity contribution in [1.29, 1.82) is 0 Å². The number of pyridine rings is 2. The Balaban J connectivity index is 1.72. The Morgan fingerprint density at radius 2 is 1.71 bits per heavy atom. The smallest absolute Gasteiger partial charge is 0.331 e. The van der Waals surface area contributed by atoms with Crippen molar-refractivity contribution < 1.29 is 4.79 Å². The molecule has 0 aromatic carbocycles. The van der Waals surface area contributed by atoms with Crippen LogP contribution < -0.4 is 16.1 Å². The summed E-state index contributed by atoms with van der Waals surface area (Å²) < 4.78 is 3.77. The molecular weight excluding hydrogens is 597 g/mol. The van der Waals surface area contributed by atoms with E-state index in [9.17, 15) is 14.4 Å². The van der Waals surface area contributed by atoms with Gasteiger partial charge in [0.1, 0.15) is 15.0 Å². The zero-order chi connectivity index (χ0) is 27.4. The lowest BCUT2D eigenvalue weighted by Crippen LogP contribution is -2.39. The maximum Gasteiger partial charge on any atom is 0.331 e. The highest BCUT2D eigenvalue weighted by Gasteiger charge is 2.20. The van der Waals surface area contributed by atoms with Gasteiger partial charge in [0.15, 0.2) is 0 Å². The summed E-state index contributed by atoms with van der Waals surface area (Å²) in [7, 11) is 3.91. The molecule has 0 unspecified atom stereocenters. The minimum Gasteiger partial charge on any atom is -0.349 e. The van der Waals surface area contributed by atoms with E-state index in [2.05, 4.69) is 37.5 Å². The third-order valence-corrected chi connectivity index (χ3v) is 6.87. The van der Waals surface area contributed by atoms with Gasteiger partial charge in [0, 0.05) is 49.8 Å². The van der Waals surface area contributed by atoms with E-state index in [-0.39, 0.29) is 17.2 Å². The van der Waals surface area contributed by atoms with Crippen LogP contribution in [0.25, 0.3) is 22.3 Å². The minimum atomic E-state index is -0.318. The monoisotopic (exact) mass is 629 g/mol. The molecule has 4 rings (SSSR count). The number of nitrogens with zero attached hydrogens (tertiary/aromatic N) is 6. The van der Waals surface area contributed by atoms with Gasteiger partial charge in [-0.25, -0.2) is 14.8 Å². The number of hydrogen-bond donors (Lipinski definition) is 1. The first-order valence-electron chi connectivity index (χ1n) is 12.7. The number of carbonyl (C=O) groups is 1. The molecule has 4 aromatic rings. The third kappa shape index (κ3) is 5.73. The number of anilines is 1. The van der Waals surface area contributed by atoms with Gasteiger partial charge < -0.3 is 9.88 Å². The Bertz CT molecular complexity index is 1540. The number of H-pyrrole nitrogens is 1. The van der Waals surface area contributed by atoms with E-state index in [1.165, 1.54) is 4.57 Å². The second-order valence-electron chi connectivity index (χ2n) is 9.37. The van der Waals surface area contributed by atoms with Gasteiger partial charge in [-0.15, -0.1) is 0 Å². The average molecular weight is 630 g/mol. The Morgan fingerprint density at radius 3 is 2.32 bits per heavy atom. The zero-order valence-electron chi connectivity index (χ0n) is 22.1. The molecule has 0 radical (unpaired) electrons. The highest BCUT2D eigenvalue weighted by atomic mass is 127. The first kappa shape index (κ1) is 27.7. The summed E-state index contributed by atoms with van der Waals surface area (Å²) in [5.74, 6) is 0.338. The molecule has 0 saturated heterocycles. The molecule has 0 bridgehead atoms. The SMILES string of the molecule is CCCn1c(=O)c2[nH]c(-c3ccc(N(CCN(C)C)C(=O)c4ccc(I)nc4)nc3)cc2n(CCC)c1=O.